The monoisotopic (exact) mass is 440 g/mol. The number of halogens is 1. The molecule has 4 aliphatic rings. The van der Waals surface area contributed by atoms with E-state index in [-0.39, 0.29) is 21.8 Å². The molecule has 4 amide bonds. The molecule has 3 aliphatic heterocycles. The maximum Gasteiger partial charge on any atom is 0.411 e. The van der Waals surface area contributed by atoms with E-state index in [0.717, 1.165) is 4.90 Å². The Bertz CT molecular complexity index is 757. The molecule has 3 heterocycles. The summed E-state index contributed by atoms with van der Waals surface area (Å²) in [6.45, 7) is 0. The third-order valence-corrected chi connectivity index (χ3v) is 6.30. The van der Waals surface area contributed by atoms with Gasteiger partial charge in [0.05, 0.1) is 24.1 Å². The Morgan fingerprint density at radius 2 is 2.08 bits per heavy atom. The maximum atomic E-state index is 12.8. The number of carbonyl (C=O) groups is 3. The van der Waals surface area contributed by atoms with E-state index in [9.17, 15) is 19.5 Å². The molecule has 0 aromatic rings. The molecule has 4 rings (SSSR count). The fourth-order valence-electron chi connectivity index (χ4n) is 3.91. The number of nitrogens with zero attached hydrogens (tertiary/aromatic N) is 4. The number of carbonyl (C=O) groups excluding carboxylic acids is 2. The number of imide groups is 1. The summed E-state index contributed by atoms with van der Waals surface area (Å²) < 4.78 is 0.0186. The molecule has 8 nitrogen and oxygen atoms in total. The van der Waals surface area contributed by atoms with E-state index in [2.05, 4.69) is 28.7 Å². The Hall–Kier alpha value is -2.09. The van der Waals surface area contributed by atoms with Gasteiger partial charge in [-0.3, -0.25) is 19.5 Å². The zero-order chi connectivity index (χ0) is 17.2. The Labute approximate surface area is 151 Å². The van der Waals surface area contributed by atoms with Crippen LogP contribution in [0.15, 0.2) is 24.0 Å². The molecule has 9 heteroatoms. The van der Waals surface area contributed by atoms with Crippen LogP contribution in [0.3, 0.4) is 0 Å². The van der Waals surface area contributed by atoms with Crippen LogP contribution in [0, 0.1) is 17.2 Å². The van der Waals surface area contributed by atoms with Gasteiger partial charge >= 0.3 is 12.1 Å². The van der Waals surface area contributed by atoms with Gasteiger partial charge < -0.3 is 5.11 Å². The third-order valence-electron chi connectivity index (χ3n) is 5.02. The molecule has 0 spiro atoms. The average molecular weight is 440 g/mol. The quantitative estimate of drug-likeness (QED) is 0.288. The molecular weight excluding hydrogens is 427 g/mol. The van der Waals surface area contributed by atoms with Gasteiger partial charge in [-0.1, -0.05) is 34.7 Å². The average Bonchev–Trinajstić information content (AvgIpc) is 3.19. The van der Waals surface area contributed by atoms with Crippen LogP contribution in [-0.4, -0.2) is 59.9 Å². The minimum Gasteiger partial charge on any atom is -0.465 e. The van der Waals surface area contributed by atoms with Gasteiger partial charge in [-0.2, -0.15) is 5.26 Å². The van der Waals surface area contributed by atoms with Gasteiger partial charge in [0.25, 0.3) is 5.91 Å². The number of allylic oxidation sites excluding steroid dienone is 1. The highest BCUT2D eigenvalue weighted by Crippen LogP contribution is 2.44. The van der Waals surface area contributed by atoms with Crippen molar-refractivity contribution in [2.45, 2.75) is 34.9 Å². The third kappa shape index (κ3) is 1.92. The van der Waals surface area contributed by atoms with Gasteiger partial charge in [0.1, 0.15) is 6.04 Å². The van der Waals surface area contributed by atoms with Gasteiger partial charge in [0, 0.05) is 22.2 Å². The molecule has 3 unspecified atom stereocenters. The topological polar surface area (TPSA) is 105 Å². The SMILES string of the molecule is N#CC1C=CC(N2C(=O)[C@@H]3[C@H]4CC(=CN4C(=O)O)N3C2=O)CC1I. The molecule has 0 saturated carbocycles. The first-order valence-electron chi connectivity index (χ1n) is 7.54. The van der Waals surface area contributed by atoms with Gasteiger partial charge in [-0.25, -0.2) is 9.59 Å². The van der Waals surface area contributed by atoms with Crippen molar-refractivity contribution >= 4 is 40.6 Å². The Balaban J connectivity index is 1.63. The second-order valence-electron chi connectivity index (χ2n) is 6.25. The van der Waals surface area contributed by atoms with Crippen molar-refractivity contribution in [1.29, 1.82) is 5.26 Å². The first-order valence-corrected chi connectivity index (χ1v) is 8.79. The van der Waals surface area contributed by atoms with E-state index < -0.39 is 24.2 Å². The summed E-state index contributed by atoms with van der Waals surface area (Å²) in [6.07, 6.45) is 4.73. The second kappa shape index (κ2) is 5.20. The highest BCUT2D eigenvalue weighted by molar-refractivity contribution is 14.1. The molecule has 2 saturated heterocycles. The molecule has 24 heavy (non-hydrogen) atoms. The van der Waals surface area contributed by atoms with Crippen molar-refractivity contribution in [1.82, 2.24) is 14.7 Å². The zero-order valence-electron chi connectivity index (χ0n) is 12.4. The van der Waals surface area contributed by atoms with E-state index in [0.29, 0.717) is 18.5 Å². The standard InChI is InChI=1S/C15H13IN4O4/c16-10-3-8(2-1-7(10)5-17)20-13(21)12-11-4-9(19(12)14(20)22)6-18(11)15(23)24/h1-2,6-8,10-12H,3-4H2,(H,23,24)/t7?,8?,10?,11-,12+/m1/s1. The normalized spacial score (nSPS) is 36.9. The van der Waals surface area contributed by atoms with Crippen molar-refractivity contribution in [3.8, 4) is 6.07 Å². The molecule has 1 aliphatic carbocycles. The van der Waals surface area contributed by atoms with E-state index in [1.54, 1.807) is 12.2 Å². The number of hydrogen-bond donors (Lipinski definition) is 1. The lowest BCUT2D eigenvalue weighted by Crippen LogP contribution is -2.48. The second-order valence-corrected chi connectivity index (χ2v) is 7.85. The summed E-state index contributed by atoms with van der Waals surface area (Å²) in [5.41, 5.74) is 0.578. The number of hydrogen-bond acceptors (Lipinski definition) is 4. The number of urea groups is 1. The Kier molecular flexibility index (Phi) is 3.35. The van der Waals surface area contributed by atoms with Crippen molar-refractivity contribution < 1.29 is 19.5 Å². The van der Waals surface area contributed by atoms with Crippen molar-refractivity contribution in [3.63, 3.8) is 0 Å². The first kappa shape index (κ1) is 15.4. The van der Waals surface area contributed by atoms with Crippen LogP contribution in [-0.2, 0) is 4.79 Å². The fraction of sp³-hybridized carbons (Fsp3) is 0.467. The molecule has 124 valence electrons. The number of fused-ring (bicyclic) bond motifs is 5. The Morgan fingerprint density at radius 1 is 1.33 bits per heavy atom. The van der Waals surface area contributed by atoms with Crippen LogP contribution in [0.2, 0.25) is 0 Å². The summed E-state index contributed by atoms with van der Waals surface area (Å²) in [5.74, 6) is -0.580. The van der Waals surface area contributed by atoms with Gasteiger partial charge in [0.2, 0.25) is 0 Å². The van der Waals surface area contributed by atoms with Crippen molar-refractivity contribution in [2.75, 3.05) is 0 Å². The Morgan fingerprint density at radius 3 is 2.71 bits per heavy atom. The van der Waals surface area contributed by atoms with E-state index in [1.165, 1.54) is 16.0 Å². The smallest absolute Gasteiger partial charge is 0.411 e. The van der Waals surface area contributed by atoms with Gasteiger partial charge in [-0.15, -0.1) is 0 Å². The molecular formula is C15H13IN4O4. The largest absolute Gasteiger partial charge is 0.465 e. The summed E-state index contributed by atoms with van der Waals surface area (Å²) in [5, 5.41) is 18.3. The summed E-state index contributed by atoms with van der Waals surface area (Å²) >= 11 is 2.17. The number of amides is 4. The summed E-state index contributed by atoms with van der Waals surface area (Å²) in [7, 11) is 0. The molecule has 2 bridgehead atoms. The highest BCUT2D eigenvalue weighted by Gasteiger charge is 2.60. The highest BCUT2D eigenvalue weighted by atomic mass is 127. The van der Waals surface area contributed by atoms with Gasteiger partial charge in [0.15, 0.2) is 0 Å². The molecule has 0 radical (unpaired) electrons. The molecule has 0 aromatic carbocycles. The molecule has 2 fully saturated rings. The predicted octanol–water partition coefficient (Wildman–Crippen LogP) is 1.50. The molecule has 5 atom stereocenters. The lowest BCUT2D eigenvalue weighted by atomic mass is 9.93. The minimum atomic E-state index is -1.12. The van der Waals surface area contributed by atoms with Crippen LogP contribution >= 0.6 is 22.6 Å². The van der Waals surface area contributed by atoms with E-state index in [4.69, 9.17) is 5.26 Å². The number of carboxylic acid groups (broad SMARTS) is 1. The van der Waals surface area contributed by atoms with Crippen LogP contribution < -0.4 is 0 Å². The van der Waals surface area contributed by atoms with Gasteiger partial charge in [-0.05, 0) is 6.42 Å². The predicted molar refractivity (Wildman–Crippen MR) is 88.7 cm³/mol. The minimum absolute atomic E-state index is 0.0186. The summed E-state index contributed by atoms with van der Waals surface area (Å²) in [6, 6.07) is 0.121. The molecule has 0 aromatic heterocycles. The molecule has 1 N–H and O–H groups in total. The van der Waals surface area contributed by atoms with Crippen molar-refractivity contribution in [2.24, 2.45) is 5.92 Å². The fourth-order valence-corrected chi connectivity index (χ4v) is 4.83. The maximum absolute atomic E-state index is 12.8. The number of alkyl halides is 1. The number of nitriles is 1. The lowest BCUT2D eigenvalue weighted by molar-refractivity contribution is -0.130. The van der Waals surface area contributed by atoms with Crippen LogP contribution in [0.25, 0.3) is 0 Å². The lowest BCUT2D eigenvalue weighted by Gasteiger charge is -2.30. The number of rotatable bonds is 1. The first-order chi connectivity index (χ1) is 11.4. The zero-order valence-corrected chi connectivity index (χ0v) is 14.5. The van der Waals surface area contributed by atoms with E-state index >= 15 is 0 Å². The van der Waals surface area contributed by atoms with Crippen molar-refractivity contribution in [3.05, 3.63) is 24.0 Å². The van der Waals surface area contributed by atoms with E-state index in [1.807, 2.05) is 0 Å². The van der Waals surface area contributed by atoms with Crippen LogP contribution in [0.1, 0.15) is 12.8 Å². The van der Waals surface area contributed by atoms with Crippen LogP contribution in [0.5, 0.6) is 0 Å². The van der Waals surface area contributed by atoms with Crippen LogP contribution in [0.4, 0.5) is 9.59 Å². The summed E-state index contributed by atoms with van der Waals surface area (Å²) in [4.78, 5) is 40.6.